The van der Waals surface area contributed by atoms with Crippen molar-refractivity contribution in [2.45, 2.75) is 58.1 Å². The molecule has 2 aliphatic rings. The molecule has 2 saturated carbocycles. The molecule has 25 heavy (non-hydrogen) atoms. The molecule has 0 radical (unpaired) electrons. The van der Waals surface area contributed by atoms with Crippen molar-refractivity contribution >= 4 is 17.6 Å². The molecule has 2 unspecified atom stereocenters. The second-order valence-corrected chi connectivity index (χ2v) is 7.35. The highest BCUT2D eigenvalue weighted by atomic mass is 35.5. The van der Waals surface area contributed by atoms with Crippen LogP contribution in [0.2, 0.25) is 5.15 Å². The minimum absolute atomic E-state index is 0.340. The van der Waals surface area contributed by atoms with Crippen molar-refractivity contribution in [2.24, 2.45) is 10.4 Å². The molecule has 1 aromatic rings. The van der Waals surface area contributed by atoms with Gasteiger partial charge in [-0.25, -0.2) is 4.98 Å². The molecule has 2 atom stereocenters. The highest BCUT2D eigenvalue weighted by Gasteiger charge is 2.59. The zero-order valence-corrected chi connectivity index (χ0v) is 16.0. The van der Waals surface area contributed by atoms with Gasteiger partial charge < -0.3 is 15.4 Å². The fourth-order valence-electron chi connectivity index (χ4n) is 3.98. The van der Waals surface area contributed by atoms with Crippen LogP contribution < -0.4 is 10.6 Å². The fourth-order valence-corrected chi connectivity index (χ4v) is 4.09. The molecule has 1 aromatic heterocycles. The maximum atomic E-state index is 5.94. The number of halogens is 1. The third kappa shape index (κ3) is 4.09. The summed E-state index contributed by atoms with van der Waals surface area (Å²) in [5.41, 5.74) is 1.49. The summed E-state index contributed by atoms with van der Waals surface area (Å²) < 4.78 is 5.94. The van der Waals surface area contributed by atoms with Gasteiger partial charge in [0.1, 0.15) is 5.15 Å². The summed E-state index contributed by atoms with van der Waals surface area (Å²) in [6, 6.07) is 4.31. The van der Waals surface area contributed by atoms with Crippen molar-refractivity contribution in [1.29, 1.82) is 0 Å². The number of hydrogen-bond donors (Lipinski definition) is 2. The monoisotopic (exact) mass is 364 g/mol. The molecule has 5 nitrogen and oxygen atoms in total. The predicted octanol–water partition coefficient (Wildman–Crippen LogP) is 3.18. The second kappa shape index (κ2) is 8.37. The predicted molar refractivity (Wildman–Crippen MR) is 102 cm³/mol. The normalized spacial score (nSPS) is 24.5. The topological polar surface area (TPSA) is 58.5 Å². The molecule has 0 aliphatic heterocycles. The number of aliphatic imine (C=N–C) groups is 1. The molecule has 138 valence electrons. The lowest BCUT2D eigenvalue weighted by atomic mass is 9.51. The van der Waals surface area contributed by atoms with Crippen LogP contribution in [-0.4, -0.2) is 42.8 Å². The average molecular weight is 365 g/mol. The number of aromatic nitrogens is 1. The molecule has 0 saturated heterocycles. The quantitative estimate of drug-likeness (QED) is 0.443. The Labute approximate surface area is 155 Å². The highest BCUT2D eigenvalue weighted by Crippen LogP contribution is 2.57. The number of ether oxygens (including phenoxy) is 1. The zero-order valence-electron chi connectivity index (χ0n) is 15.2. The summed E-state index contributed by atoms with van der Waals surface area (Å²) in [4.78, 5) is 8.86. The first-order valence-electron chi connectivity index (χ1n) is 9.45. The Morgan fingerprint density at radius 1 is 1.40 bits per heavy atom. The van der Waals surface area contributed by atoms with Crippen LogP contribution in [-0.2, 0) is 11.2 Å². The molecule has 2 N–H and O–H groups in total. The van der Waals surface area contributed by atoms with Gasteiger partial charge in [-0.2, -0.15) is 0 Å². The standard InChI is InChI=1S/C19H29ClN4O/c1-3-21-18(22-11-8-14-6-7-17(20)23-13-14)24-15-12-16(25-4-2)19(15)9-5-10-19/h6-7,13,15-16H,3-5,8-12H2,1-2H3,(H2,21,22,24). The first-order chi connectivity index (χ1) is 12.2. The average Bonchev–Trinajstić information content (AvgIpc) is 2.54. The van der Waals surface area contributed by atoms with Crippen LogP contribution in [0.15, 0.2) is 23.3 Å². The Hall–Kier alpha value is -1.33. The second-order valence-electron chi connectivity index (χ2n) is 6.96. The van der Waals surface area contributed by atoms with E-state index in [0.717, 1.165) is 44.1 Å². The maximum absolute atomic E-state index is 5.94. The van der Waals surface area contributed by atoms with Gasteiger partial charge in [-0.05, 0) is 51.2 Å². The van der Waals surface area contributed by atoms with Gasteiger partial charge >= 0.3 is 0 Å². The SMILES string of the molecule is CCNC(=NCCc1ccc(Cl)nc1)NC1CC(OCC)C12CCC2. The van der Waals surface area contributed by atoms with Gasteiger partial charge in [-0.15, -0.1) is 0 Å². The molecule has 2 aliphatic carbocycles. The van der Waals surface area contributed by atoms with Crippen molar-refractivity contribution in [2.75, 3.05) is 19.7 Å². The lowest BCUT2D eigenvalue weighted by molar-refractivity contribution is -0.168. The van der Waals surface area contributed by atoms with E-state index in [2.05, 4.69) is 29.5 Å². The van der Waals surface area contributed by atoms with E-state index in [0.29, 0.717) is 22.7 Å². The zero-order chi connectivity index (χ0) is 17.7. The Morgan fingerprint density at radius 3 is 2.84 bits per heavy atom. The van der Waals surface area contributed by atoms with Crippen molar-refractivity contribution < 1.29 is 4.74 Å². The third-order valence-corrected chi connectivity index (χ3v) is 5.78. The van der Waals surface area contributed by atoms with E-state index in [9.17, 15) is 0 Å². The summed E-state index contributed by atoms with van der Waals surface area (Å²) >= 11 is 5.83. The molecule has 2 fully saturated rings. The highest BCUT2D eigenvalue weighted by molar-refractivity contribution is 6.29. The number of nitrogens with zero attached hydrogens (tertiary/aromatic N) is 2. The van der Waals surface area contributed by atoms with Crippen LogP contribution in [0.25, 0.3) is 0 Å². The van der Waals surface area contributed by atoms with Crippen molar-refractivity contribution in [3.05, 3.63) is 29.0 Å². The van der Waals surface area contributed by atoms with E-state index in [1.165, 1.54) is 19.3 Å². The Bertz CT molecular complexity index is 586. The number of nitrogens with one attached hydrogen (secondary N) is 2. The molecule has 6 heteroatoms. The smallest absolute Gasteiger partial charge is 0.191 e. The van der Waals surface area contributed by atoms with E-state index in [1.54, 1.807) is 0 Å². The van der Waals surface area contributed by atoms with Crippen molar-refractivity contribution in [1.82, 2.24) is 15.6 Å². The van der Waals surface area contributed by atoms with Crippen LogP contribution in [0.1, 0.15) is 45.1 Å². The molecule has 1 heterocycles. The molecule has 0 aromatic carbocycles. The van der Waals surface area contributed by atoms with Crippen LogP contribution in [0.5, 0.6) is 0 Å². The fraction of sp³-hybridized carbons (Fsp3) is 0.684. The summed E-state index contributed by atoms with van der Waals surface area (Å²) in [5.74, 6) is 0.913. The van der Waals surface area contributed by atoms with E-state index in [-0.39, 0.29) is 0 Å². The summed E-state index contributed by atoms with van der Waals surface area (Å²) in [6.07, 6.45) is 8.04. The van der Waals surface area contributed by atoms with Crippen LogP contribution in [0.4, 0.5) is 0 Å². The van der Waals surface area contributed by atoms with Crippen molar-refractivity contribution in [3.8, 4) is 0 Å². The van der Waals surface area contributed by atoms with Crippen LogP contribution in [0.3, 0.4) is 0 Å². The largest absolute Gasteiger partial charge is 0.378 e. The van der Waals surface area contributed by atoms with E-state index >= 15 is 0 Å². The third-order valence-electron chi connectivity index (χ3n) is 5.55. The van der Waals surface area contributed by atoms with E-state index < -0.39 is 0 Å². The van der Waals surface area contributed by atoms with Gasteiger partial charge in [0.2, 0.25) is 0 Å². The minimum Gasteiger partial charge on any atom is -0.378 e. The van der Waals surface area contributed by atoms with Gasteiger partial charge in [0, 0.05) is 37.4 Å². The lowest BCUT2D eigenvalue weighted by Crippen LogP contribution is -2.68. The number of guanidine groups is 1. The minimum atomic E-state index is 0.340. The number of pyridine rings is 1. The van der Waals surface area contributed by atoms with E-state index in [1.807, 2.05) is 18.3 Å². The number of hydrogen-bond acceptors (Lipinski definition) is 3. The molecule has 0 amide bonds. The first-order valence-corrected chi connectivity index (χ1v) is 9.82. The molecule has 3 rings (SSSR count). The van der Waals surface area contributed by atoms with Crippen LogP contribution >= 0.6 is 11.6 Å². The first kappa shape index (κ1) is 18.5. The van der Waals surface area contributed by atoms with Gasteiger partial charge in [0.15, 0.2) is 5.96 Å². The van der Waals surface area contributed by atoms with Crippen LogP contribution in [0, 0.1) is 5.41 Å². The summed E-state index contributed by atoms with van der Waals surface area (Å²) in [7, 11) is 0. The van der Waals surface area contributed by atoms with Gasteiger partial charge in [0.05, 0.1) is 6.10 Å². The summed E-state index contributed by atoms with van der Waals surface area (Å²) in [6.45, 7) is 6.59. The molecular weight excluding hydrogens is 336 g/mol. The van der Waals surface area contributed by atoms with Gasteiger partial charge in [-0.1, -0.05) is 24.1 Å². The van der Waals surface area contributed by atoms with E-state index in [4.69, 9.17) is 21.3 Å². The lowest BCUT2D eigenvalue weighted by Gasteiger charge is -2.61. The summed E-state index contributed by atoms with van der Waals surface area (Å²) in [5, 5.41) is 7.55. The Morgan fingerprint density at radius 2 is 2.24 bits per heavy atom. The molecule has 0 bridgehead atoms. The number of rotatable bonds is 7. The van der Waals surface area contributed by atoms with Gasteiger partial charge in [0.25, 0.3) is 0 Å². The molecule has 1 spiro atoms. The molecular formula is C19H29ClN4O. The Balaban J connectivity index is 1.55. The van der Waals surface area contributed by atoms with Gasteiger partial charge in [-0.3, -0.25) is 4.99 Å². The van der Waals surface area contributed by atoms with Crippen molar-refractivity contribution in [3.63, 3.8) is 0 Å². The Kier molecular flexibility index (Phi) is 6.18. The maximum Gasteiger partial charge on any atom is 0.191 e.